The van der Waals surface area contributed by atoms with Crippen molar-refractivity contribution in [2.24, 2.45) is 0 Å². The zero-order chi connectivity index (χ0) is 15.1. The van der Waals surface area contributed by atoms with E-state index in [1.54, 1.807) is 6.92 Å². The molecule has 0 aliphatic carbocycles. The summed E-state index contributed by atoms with van der Waals surface area (Å²) >= 11 is 0. The van der Waals surface area contributed by atoms with Crippen LogP contribution in [0.3, 0.4) is 0 Å². The van der Waals surface area contributed by atoms with Crippen molar-refractivity contribution in [3.05, 3.63) is 29.6 Å². The highest BCUT2D eigenvalue weighted by molar-refractivity contribution is 5.93. The zero-order valence-corrected chi connectivity index (χ0v) is 10.8. The molecule has 1 rings (SSSR count). The average molecular weight is 283 g/mol. The number of carbonyl (C=O) groups excluding carboxylic acids is 2. The third-order valence-corrected chi connectivity index (χ3v) is 2.34. The lowest BCUT2D eigenvalue weighted by Crippen LogP contribution is -2.15. The fourth-order valence-electron chi connectivity index (χ4n) is 1.44. The number of esters is 1. The second kappa shape index (κ2) is 7.22. The number of halogens is 1. The highest BCUT2D eigenvalue weighted by Crippen LogP contribution is 2.15. The molecule has 0 aliphatic heterocycles. The highest BCUT2D eigenvalue weighted by Gasteiger charge is 2.12. The average Bonchev–Trinajstić information content (AvgIpc) is 2.36. The van der Waals surface area contributed by atoms with Crippen molar-refractivity contribution in [1.29, 1.82) is 0 Å². The van der Waals surface area contributed by atoms with Gasteiger partial charge in [0.05, 0.1) is 18.6 Å². The Kier molecular flexibility index (Phi) is 5.64. The zero-order valence-electron chi connectivity index (χ0n) is 10.8. The molecule has 108 valence electrons. The van der Waals surface area contributed by atoms with E-state index in [1.807, 2.05) is 0 Å². The predicted molar refractivity (Wildman–Crippen MR) is 67.9 cm³/mol. The van der Waals surface area contributed by atoms with Crippen molar-refractivity contribution in [2.45, 2.75) is 19.8 Å². The molecule has 7 heteroatoms. The van der Waals surface area contributed by atoms with Gasteiger partial charge in [-0.05, 0) is 25.1 Å². The lowest BCUT2D eigenvalue weighted by Gasteiger charge is -2.06. The molecule has 0 atom stereocenters. The van der Waals surface area contributed by atoms with Gasteiger partial charge in [-0.2, -0.15) is 0 Å². The van der Waals surface area contributed by atoms with E-state index in [-0.39, 0.29) is 25.1 Å². The van der Waals surface area contributed by atoms with E-state index >= 15 is 0 Å². The maximum absolute atomic E-state index is 13.4. The molecular weight excluding hydrogens is 269 g/mol. The van der Waals surface area contributed by atoms with E-state index in [4.69, 9.17) is 5.11 Å². The van der Waals surface area contributed by atoms with Crippen LogP contribution in [0.4, 0.5) is 10.1 Å². The number of rotatable bonds is 6. The second-order valence-corrected chi connectivity index (χ2v) is 3.85. The Bertz CT molecular complexity index is 529. The van der Waals surface area contributed by atoms with Crippen LogP contribution in [0.1, 0.15) is 30.1 Å². The summed E-state index contributed by atoms with van der Waals surface area (Å²) in [7, 11) is 0. The number of ether oxygens (including phenoxy) is 1. The van der Waals surface area contributed by atoms with Crippen LogP contribution in [0, 0.1) is 5.82 Å². The molecule has 0 heterocycles. The van der Waals surface area contributed by atoms with Crippen LogP contribution in [0.15, 0.2) is 18.2 Å². The van der Waals surface area contributed by atoms with Crippen LogP contribution < -0.4 is 5.32 Å². The first kappa shape index (κ1) is 15.6. The van der Waals surface area contributed by atoms with E-state index in [0.29, 0.717) is 0 Å². The Morgan fingerprint density at radius 1 is 1.30 bits per heavy atom. The van der Waals surface area contributed by atoms with Crippen LogP contribution in [-0.4, -0.2) is 29.6 Å². The quantitative estimate of drug-likeness (QED) is 0.777. The monoisotopic (exact) mass is 283 g/mol. The van der Waals surface area contributed by atoms with Crippen LogP contribution in [-0.2, 0) is 14.3 Å². The summed E-state index contributed by atoms with van der Waals surface area (Å²) in [6.45, 7) is 1.90. The highest BCUT2D eigenvalue weighted by atomic mass is 19.1. The number of carboxylic acid groups (broad SMARTS) is 1. The molecule has 0 fully saturated rings. The number of nitrogens with one attached hydrogen (secondary N) is 1. The molecule has 6 nitrogen and oxygen atoms in total. The summed E-state index contributed by atoms with van der Waals surface area (Å²) in [4.78, 5) is 33.2. The molecule has 0 saturated carbocycles. The Balaban J connectivity index is 2.56. The first-order chi connectivity index (χ1) is 9.43. The Labute approximate surface area is 114 Å². The maximum atomic E-state index is 13.4. The summed E-state index contributed by atoms with van der Waals surface area (Å²) in [5.41, 5.74) is -0.351. The van der Waals surface area contributed by atoms with Crippen molar-refractivity contribution < 1.29 is 28.6 Å². The first-order valence-electron chi connectivity index (χ1n) is 5.92. The molecular formula is C13H14FNO5. The summed E-state index contributed by atoms with van der Waals surface area (Å²) in [5.74, 6) is -3.31. The third kappa shape index (κ3) is 4.68. The van der Waals surface area contributed by atoms with Gasteiger partial charge < -0.3 is 15.2 Å². The minimum Gasteiger partial charge on any atom is -0.478 e. The van der Waals surface area contributed by atoms with Gasteiger partial charge in [0.25, 0.3) is 0 Å². The Hall–Kier alpha value is -2.44. The molecule has 0 unspecified atom stereocenters. The molecule has 0 saturated heterocycles. The second-order valence-electron chi connectivity index (χ2n) is 3.85. The van der Waals surface area contributed by atoms with Crippen molar-refractivity contribution in [1.82, 2.24) is 0 Å². The van der Waals surface area contributed by atoms with Crippen molar-refractivity contribution >= 4 is 23.5 Å². The van der Waals surface area contributed by atoms with Crippen LogP contribution in [0.5, 0.6) is 0 Å². The van der Waals surface area contributed by atoms with Gasteiger partial charge in [-0.1, -0.05) is 0 Å². The predicted octanol–water partition coefficient (Wildman–Crippen LogP) is 1.81. The summed E-state index contributed by atoms with van der Waals surface area (Å²) in [5, 5.41) is 11.0. The summed E-state index contributed by atoms with van der Waals surface area (Å²) < 4.78 is 18.0. The van der Waals surface area contributed by atoms with Gasteiger partial charge in [-0.15, -0.1) is 0 Å². The number of carboxylic acids is 1. The number of carbonyl (C=O) groups is 3. The third-order valence-electron chi connectivity index (χ3n) is 2.34. The lowest BCUT2D eigenvalue weighted by molar-refractivity contribution is -0.144. The van der Waals surface area contributed by atoms with Gasteiger partial charge in [0.2, 0.25) is 5.91 Å². The van der Waals surface area contributed by atoms with Crippen LogP contribution in [0.25, 0.3) is 0 Å². The van der Waals surface area contributed by atoms with Gasteiger partial charge in [-0.25, -0.2) is 9.18 Å². The molecule has 0 bridgehead atoms. The number of aromatic carboxylic acids is 1. The van der Waals surface area contributed by atoms with E-state index < -0.39 is 29.2 Å². The van der Waals surface area contributed by atoms with Gasteiger partial charge in [-0.3, -0.25) is 9.59 Å². The van der Waals surface area contributed by atoms with Crippen LogP contribution >= 0.6 is 0 Å². The molecule has 0 aromatic heterocycles. The standard InChI is InChI=1S/C13H14FNO5/c1-2-20-12(17)6-5-11(16)15-8-3-4-9(13(18)19)10(14)7-8/h3-4,7H,2,5-6H2,1H3,(H,15,16)(H,18,19). The first-order valence-corrected chi connectivity index (χ1v) is 5.92. The molecule has 1 aromatic rings. The minimum atomic E-state index is -1.39. The van der Waals surface area contributed by atoms with Crippen molar-refractivity contribution in [2.75, 3.05) is 11.9 Å². The minimum absolute atomic E-state index is 0.0740. The molecule has 2 N–H and O–H groups in total. The van der Waals surface area contributed by atoms with E-state index in [0.717, 1.165) is 12.1 Å². The van der Waals surface area contributed by atoms with Crippen molar-refractivity contribution in [3.8, 4) is 0 Å². The van der Waals surface area contributed by atoms with Crippen LogP contribution in [0.2, 0.25) is 0 Å². The van der Waals surface area contributed by atoms with Crippen molar-refractivity contribution in [3.63, 3.8) is 0 Å². The van der Waals surface area contributed by atoms with Gasteiger partial charge in [0, 0.05) is 12.1 Å². The molecule has 1 amide bonds. The van der Waals surface area contributed by atoms with E-state index in [1.165, 1.54) is 6.07 Å². The fraction of sp³-hybridized carbons (Fsp3) is 0.308. The molecule has 0 aliphatic rings. The molecule has 0 spiro atoms. The van der Waals surface area contributed by atoms with Gasteiger partial charge in [0.15, 0.2) is 0 Å². The molecule has 20 heavy (non-hydrogen) atoms. The van der Waals surface area contributed by atoms with Gasteiger partial charge >= 0.3 is 11.9 Å². The number of anilines is 1. The fourth-order valence-corrected chi connectivity index (χ4v) is 1.44. The summed E-state index contributed by atoms with van der Waals surface area (Å²) in [6.07, 6.45) is -0.170. The summed E-state index contributed by atoms with van der Waals surface area (Å²) in [6, 6.07) is 3.24. The number of amides is 1. The molecule has 0 radical (unpaired) electrons. The van der Waals surface area contributed by atoms with E-state index in [2.05, 4.69) is 10.1 Å². The lowest BCUT2D eigenvalue weighted by atomic mass is 10.2. The number of hydrogen-bond acceptors (Lipinski definition) is 4. The Morgan fingerprint density at radius 3 is 2.55 bits per heavy atom. The number of hydrogen-bond donors (Lipinski definition) is 2. The Morgan fingerprint density at radius 2 is 2.00 bits per heavy atom. The normalized spacial score (nSPS) is 9.90. The number of benzene rings is 1. The SMILES string of the molecule is CCOC(=O)CCC(=O)Nc1ccc(C(=O)O)c(F)c1. The maximum Gasteiger partial charge on any atom is 0.338 e. The largest absolute Gasteiger partial charge is 0.478 e. The molecule has 1 aromatic carbocycles. The topological polar surface area (TPSA) is 92.7 Å². The smallest absolute Gasteiger partial charge is 0.338 e. The van der Waals surface area contributed by atoms with E-state index in [9.17, 15) is 18.8 Å². The van der Waals surface area contributed by atoms with Gasteiger partial charge in [0.1, 0.15) is 5.82 Å².